The van der Waals surface area contributed by atoms with Crippen molar-refractivity contribution in [2.75, 3.05) is 12.3 Å². The summed E-state index contributed by atoms with van der Waals surface area (Å²) in [5.74, 6) is 0. The molecule has 5 heteroatoms. The minimum atomic E-state index is -1.01. The fourth-order valence-electron chi connectivity index (χ4n) is 7.68. The summed E-state index contributed by atoms with van der Waals surface area (Å²) in [6.45, 7) is 2.42. The molecule has 2 atom stereocenters. The first-order chi connectivity index (χ1) is 29.3. The Morgan fingerprint density at radius 3 is 0.678 bits per heavy atom. The summed E-state index contributed by atoms with van der Waals surface area (Å²) in [6, 6.07) is 92.1. The van der Waals surface area contributed by atoms with Gasteiger partial charge in [0.25, 0.3) is 0 Å². The summed E-state index contributed by atoms with van der Waals surface area (Å²) in [4.78, 5) is 2.74. The van der Waals surface area contributed by atoms with Gasteiger partial charge in [0.05, 0.1) is 0 Å². The fourth-order valence-corrected chi connectivity index (χ4v) is 28.8. The molecule has 8 aromatic carbocycles. The molecular formula is C54H50FeP4. The second-order valence-corrected chi connectivity index (χ2v) is 27.5. The molecule has 0 radical (unpaired) electrons. The van der Waals surface area contributed by atoms with Gasteiger partial charge in [-0.1, -0.05) is 0 Å². The van der Waals surface area contributed by atoms with Crippen molar-refractivity contribution in [1.82, 2.24) is 0 Å². The monoisotopic (exact) mass is 878 g/mol. The Kier molecular flexibility index (Phi) is 15.1. The van der Waals surface area contributed by atoms with E-state index < -0.39 is 45.2 Å². The van der Waals surface area contributed by atoms with Gasteiger partial charge in [0.2, 0.25) is 0 Å². The van der Waals surface area contributed by atoms with E-state index in [1.54, 1.807) is 0 Å². The Hall–Kier alpha value is -4.13. The molecule has 8 aromatic rings. The van der Waals surface area contributed by atoms with Gasteiger partial charge in [0.1, 0.15) is 0 Å². The van der Waals surface area contributed by atoms with Crippen LogP contribution in [0.5, 0.6) is 0 Å². The number of rotatable bonds is 16. The Morgan fingerprint density at radius 2 is 0.492 bits per heavy atom. The summed E-state index contributed by atoms with van der Waals surface area (Å²) in [7, 11) is -2.87. The van der Waals surface area contributed by atoms with Gasteiger partial charge in [0, 0.05) is 0 Å². The predicted octanol–water partition coefficient (Wildman–Crippen LogP) is 10.6. The normalized spacial score (nSPS) is 12.7. The molecule has 294 valence electrons. The van der Waals surface area contributed by atoms with Gasteiger partial charge in [-0.05, 0) is 0 Å². The zero-order chi connectivity index (χ0) is 40.1. The topological polar surface area (TPSA) is 0 Å². The number of hydrogen-bond acceptors (Lipinski definition) is 0. The molecule has 0 N–H and O–H groups in total. The average Bonchev–Trinajstić information content (AvgIpc) is 3.32. The molecule has 0 saturated heterocycles. The van der Waals surface area contributed by atoms with E-state index >= 15 is 0 Å². The van der Waals surface area contributed by atoms with Crippen LogP contribution in [0, 0.1) is 0 Å². The fraction of sp³-hybridized carbons (Fsp3) is 0.0926. The molecule has 0 heterocycles. The molecule has 0 amide bonds. The maximum absolute atomic E-state index is 2.74. The van der Waals surface area contributed by atoms with Crippen LogP contribution in [0.15, 0.2) is 243 Å². The van der Waals surface area contributed by atoms with Crippen LogP contribution in [-0.2, 0) is 13.5 Å². The van der Waals surface area contributed by atoms with Crippen molar-refractivity contribution in [1.29, 1.82) is 0 Å². The summed E-state index contributed by atoms with van der Waals surface area (Å²) in [5, 5.41) is 11.8. The van der Waals surface area contributed by atoms with E-state index in [1.165, 1.54) is 42.4 Å². The van der Waals surface area contributed by atoms with Crippen LogP contribution in [0.2, 0.25) is 0 Å². The van der Waals surface area contributed by atoms with E-state index in [-0.39, 0.29) is 0 Å². The quantitative estimate of drug-likeness (QED) is 0.0670. The van der Waals surface area contributed by atoms with Crippen molar-refractivity contribution in [3.05, 3.63) is 243 Å². The molecule has 0 saturated carbocycles. The molecule has 0 aromatic heterocycles. The molecule has 0 nitrogen and oxygen atoms in total. The van der Waals surface area contributed by atoms with Gasteiger partial charge in [-0.2, -0.15) is 0 Å². The maximum atomic E-state index is 2.74. The zero-order valence-electron chi connectivity index (χ0n) is 33.4. The second kappa shape index (κ2) is 21.4. The Bertz CT molecular complexity index is 2120. The van der Waals surface area contributed by atoms with Crippen molar-refractivity contribution in [3.63, 3.8) is 0 Å². The van der Waals surface area contributed by atoms with Gasteiger partial charge in [-0.25, -0.2) is 0 Å². The average molecular weight is 879 g/mol. The molecule has 2 unspecified atom stereocenters. The molecule has 59 heavy (non-hydrogen) atoms. The van der Waals surface area contributed by atoms with Gasteiger partial charge in [-0.15, -0.1) is 0 Å². The van der Waals surface area contributed by atoms with E-state index in [0.29, 0.717) is 9.11 Å². The van der Waals surface area contributed by atoms with Crippen LogP contribution in [0.3, 0.4) is 0 Å². The van der Waals surface area contributed by atoms with Crippen LogP contribution in [0.4, 0.5) is 0 Å². The number of benzene rings is 8. The molecule has 0 spiro atoms. The van der Waals surface area contributed by atoms with Crippen LogP contribution >= 0.6 is 31.7 Å². The Morgan fingerprint density at radius 1 is 0.305 bits per heavy atom. The molecule has 0 bridgehead atoms. The van der Waals surface area contributed by atoms with Crippen LogP contribution < -0.4 is 42.4 Å². The first-order valence-corrected chi connectivity index (χ1v) is 28.0. The van der Waals surface area contributed by atoms with E-state index in [4.69, 9.17) is 0 Å². The Labute approximate surface area is 361 Å². The molecular weight excluding hydrogens is 828 g/mol. The molecule has 0 fully saturated rings. The van der Waals surface area contributed by atoms with Gasteiger partial charge < -0.3 is 0 Å². The number of hydrogen-bond donors (Lipinski definition) is 0. The van der Waals surface area contributed by atoms with Crippen molar-refractivity contribution in [2.45, 2.75) is 16.0 Å². The van der Waals surface area contributed by atoms with Gasteiger partial charge in [0.15, 0.2) is 0 Å². The summed E-state index contributed by atoms with van der Waals surface area (Å²) in [5.41, 5.74) is 0. The van der Waals surface area contributed by atoms with Crippen molar-refractivity contribution in [2.24, 2.45) is 0 Å². The van der Waals surface area contributed by atoms with E-state index in [2.05, 4.69) is 254 Å². The predicted molar refractivity (Wildman–Crippen MR) is 265 cm³/mol. The van der Waals surface area contributed by atoms with Gasteiger partial charge >= 0.3 is 364 Å². The van der Waals surface area contributed by atoms with E-state index in [9.17, 15) is 0 Å². The summed E-state index contributed by atoms with van der Waals surface area (Å²) < 4.78 is 0.856. The minimum absolute atomic E-state index is 0.428. The standard InChI is InChI=1S/2C26H23P2.C2H4.Fe/c2*1-5-13-23(14-6-1)27(24-15-7-2-8-16-24)21-22-28(25-17-9-3-10-18-25)26-19-11-4-12-20-26;1-2;/h2*1-21H,22H2;1H,2H3;. The molecule has 0 aliphatic carbocycles. The van der Waals surface area contributed by atoms with E-state index in [0.717, 1.165) is 12.3 Å². The van der Waals surface area contributed by atoms with Crippen molar-refractivity contribution < 1.29 is 13.5 Å². The van der Waals surface area contributed by atoms with Gasteiger partial charge in [-0.3, -0.25) is 0 Å². The third-order valence-electron chi connectivity index (χ3n) is 10.4. The molecule has 8 rings (SSSR count). The summed E-state index contributed by atoms with van der Waals surface area (Å²) in [6.07, 6.45) is 2.25. The first kappa shape index (κ1) is 41.6. The Balaban J connectivity index is 1.40. The first-order valence-electron chi connectivity index (χ1n) is 20.2. The SMILES string of the molecule is C[CH]=[Fe]([CH](CP(c1ccccc1)c1ccccc1)P(c1ccccc1)c1ccccc1)[CH](CP(c1ccccc1)c1ccccc1)P(c1ccccc1)c1ccccc1. The molecule has 0 aliphatic rings. The zero-order valence-corrected chi connectivity index (χ0v) is 38.1. The van der Waals surface area contributed by atoms with Crippen molar-refractivity contribution in [3.8, 4) is 0 Å². The van der Waals surface area contributed by atoms with E-state index in [1.807, 2.05) is 0 Å². The second-order valence-electron chi connectivity index (χ2n) is 14.0. The summed E-state index contributed by atoms with van der Waals surface area (Å²) >= 11 is -1.01. The third-order valence-corrected chi connectivity index (χ3v) is 28.0. The van der Waals surface area contributed by atoms with Crippen molar-refractivity contribution >= 4 is 79.0 Å². The van der Waals surface area contributed by atoms with Crippen LogP contribution in [0.25, 0.3) is 0 Å². The van der Waals surface area contributed by atoms with Crippen LogP contribution in [0.1, 0.15) is 6.92 Å². The van der Waals surface area contributed by atoms with Crippen LogP contribution in [-0.4, -0.2) is 26.4 Å². The molecule has 0 aliphatic heterocycles. The third kappa shape index (κ3) is 10.4.